The summed E-state index contributed by atoms with van der Waals surface area (Å²) in [6.07, 6.45) is 4.17. The van der Waals surface area contributed by atoms with Crippen LogP contribution in [-0.4, -0.2) is 95.2 Å². The second kappa shape index (κ2) is 17.3. The van der Waals surface area contributed by atoms with Crippen LogP contribution in [0.2, 0.25) is 0 Å². The number of amides is 1. The summed E-state index contributed by atoms with van der Waals surface area (Å²) in [6.45, 7) is 9.51. The van der Waals surface area contributed by atoms with E-state index in [4.69, 9.17) is 19.2 Å². The number of ether oxygens (including phenoxy) is 3. The lowest BCUT2D eigenvalue weighted by atomic mass is 10.2. The number of thiazole rings is 1. The van der Waals surface area contributed by atoms with Crippen LogP contribution in [0.4, 0.5) is 5.13 Å². The largest absolute Gasteiger partial charge is 0.495 e. The van der Waals surface area contributed by atoms with Gasteiger partial charge in [-0.3, -0.25) is 14.6 Å². The molecule has 13 heteroatoms. The summed E-state index contributed by atoms with van der Waals surface area (Å²) in [5.74, 6) is 1.02. The zero-order valence-corrected chi connectivity index (χ0v) is 28.6. The molecule has 3 aromatic rings. The van der Waals surface area contributed by atoms with Crippen LogP contribution in [-0.2, 0) is 14.8 Å². The normalized spacial score (nSPS) is 14.0. The average molecular weight is 669 g/mol. The number of sulfonamides is 1. The Morgan fingerprint density at radius 3 is 2.14 bits per heavy atom. The Morgan fingerprint density at radius 2 is 1.55 bits per heavy atom. The number of nitrogens with zero attached hydrogens (tertiary/aromatic N) is 4. The van der Waals surface area contributed by atoms with Gasteiger partial charge in [-0.15, -0.1) is 12.4 Å². The lowest BCUT2D eigenvalue weighted by Crippen LogP contribution is -2.39. The number of carbonyl (C=O) groups excluding carboxylic acids is 1. The van der Waals surface area contributed by atoms with Crippen molar-refractivity contribution in [2.24, 2.45) is 0 Å². The average Bonchev–Trinajstić information content (AvgIpc) is 3.48. The zero-order chi connectivity index (χ0) is 30.8. The Balaban J connectivity index is 0.00000529. The van der Waals surface area contributed by atoms with Gasteiger partial charge in [0.25, 0.3) is 5.91 Å². The van der Waals surface area contributed by atoms with E-state index in [9.17, 15) is 13.2 Å². The van der Waals surface area contributed by atoms with Gasteiger partial charge in [0.1, 0.15) is 21.7 Å². The molecule has 10 nitrogen and oxygen atoms in total. The molecular weight excluding hydrogens is 624 g/mol. The zero-order valence-electron chi connectivity index (χ0n) is 26.1. The van der Waals surface area contributed by atoms with E-state index in [1.807, 2.05) is 6.07 Å². The van der Waals surface area contributed by atoms with E-state index in [1.165, 1.54) is 11.3 Å². The summed E-state index contributed by atoms with van der Waals surface area (Å²) in [6, 6.07) is 9.94. The fourth-order valence-corrected chi connectivity index (χ4v) is 7.66. The molecule has 2 heterocycles. The van der Waals surface area contributed by atoms with E-state index in [1.54, 1.807) is 53.8 Å². The van der Waals surface area contributed by atoms with Crippen LogP contribution in [0.5, 0.6) is 11.5 Å². The second-order valence-corrected chi connectivity index (χ2v) is 13.5. The fourth-order valence-electron chi connectivity index (χ4n) is 5.05. The van der Waals surface area contributed by atoms with Gasteiger partial charge in [-0.05, 0) is 55.7 Å². The van der Waals surface area contributed by atoms with Crippen molar-refractivity contribution >= 4 is 55.0 Å². The maximum absolute atomic E-state index is 14.0. The first-order valence-electron chi connectivity index (χ1n) is 15.1. The molecule has 1 aliphatic heterocycles. The molecule has 1 aliphatic rings. The molecule has 244 valence electrons. The van der Waals surface area contributed by atoms with Crippen LogP contribution in [0.3, 0.4) is 0 Å². The number of benzene rings is 2. The minimum atomic E-state index is -3.67. The van der Waals surface area contributed by atoms with Crippen molar-refractivity contribution in [2.75, 3.05) is 71.6 Å². The maximum atomic E-state index is 14.0. The van der Waals surface area contributed by atoms with Crippen molar-refractivity contribution in [2.45, 2.75) is 50.8 Å². The van der Waals surface area contributed by atoms with Crippen molar-refractivity contribution in [3.05, 3.63) is 42.0 Å². The van der Waals surface area contributed by atoms with Gasteiger partial charge in [0.15, 0.2) is 5.13 Å². The number of fused-ring (bicyclic) bond motifs is 1. The van der Waals surface area contributed by atoms with Crippen LogP contribution < -0.4 is 14.4 Å². The summed E-state index contributed by atoms with van der Waals surface area (Å²) < 4.78 is 45.9. The first-order valence-corrected chi connectivity index (χ1v) is 17.3. The van der Waals surface area contributed by atoms with Gasteiger partial charge in [-0.2, -0.15) is 4.31 Å². The molecule has 0 spiro atoms. The minimum Gasteiger partial charge on any atom is -0.495 e. The van der Waals surface area contributed by atoms with Gasteiger partial charge >= 0.3 is 0 Å². The Bertz CT molecular complexity index is 1400. The Labute approximate surface area is 271 Å². The molecule has 0 atom stereocenters. The van der Waals surface area contributed by atoms with E-state index in [-0.39, 0.29) is 23.2 Å². The SMILES string of the molecule is CCCCN(CCCC)S(=O)(=O)c1ccc(C(=O)N(CCCN2CCOCC2)c2nc3c(OC)ccc(OC)c3s2)cc1.Cl. The van der Waals surface area contributed by atoms with Gasteiger partial charge in [-0.1, -0.05) is 38.0 Å². The van der Waals surface area contributed by atoms with Gasteiger partial charge in [0, 0.05) is 44.8 Å². The highest BCUT2D eigenvalue weighted by Gasteiger charge is 2.27. The summed E-state index contributed by atoms with van der Waals surface area (Å²) in [5.41, 5.74) is 1.03. The number of carbonyl (C=O) groups is 1. The standard InChI is InChI=1S/C31H44N4O6S2.ClH/c1-5-7-17-34(18-8-6-2)43(37,38)25-12-10-24(11-13-25)30(36)35(19-9-16-33-20-22-41-23-21-33)31-32-28-26(39-3)14-15-27(40-4)29(28)42-31;/h10-15H,5-9,16-23H2,1-4H3;1H. The van der Waals surface area contributed by atoms with Crippen LogP contribution >= 0.6 is 23.7 Å². The van der Waals surface area contributed by atoms with E-state index in [0.29, 0.717) is 60.6 Å². The third kappa shape index (κ3) is 8.61. The fraction of sp³-hybridized carbons (Fsp3) is 0.548. The summed E-state index contributed by atoms with van der Waals surface area (Å²) in [4.78, 5) is 23.1. The van der Waals surface area contributed by atoms with E-state index < -0.39 is 10.0 Å². The number of morpholine rings is 1. The third-order valence-electron chi connectivity index (χ3n) is 7.60. The number of unbranched alkanes of at least 4 members (excludes halogenated alkanes) is 2. The molecule has 0 aliphatic carbocycles. The maximum Gasteiger partial charge on any atom is 0.260 e. The highest BCUT2D eigenvalue weighted by molar-refractivity contribution is 7.89. The van der Waals surface area contributed by atoms with Crippen LogP contribution in [0, 0.1) is 0 Å². The first-order chi connectivity index (χ1) is 20.8. The summed E-state index contributed by atoms with van der Waals surface area (Å²) in [7, 11) is -0.471. The number of methoxy groups -OCH3 is 2. The molecule has 1 amide bonds. The Kier molecular flexibility index (Phi) is 14.1. The molecule has 1 fully saturated rings. The number of anilines is 1. The van der Waals surface area contributed by atoms with E-state index >= 15 is 0 Å². The van der Waals surface area contributed by atoms with Crippen molar-refractivity contribution in [1.82, 2.24) is 14.2 Å². The van der Waals surface area contributed by atoms with E-state index in [0.717, 1.165) is 56.4 Å². The first kappa shape index (κ1) is 36.0. The molecule has 1 aromatic heterocycles. The highest BCUT2D eigenvalue weighted by atomic mass is 35.5. The topological polar surface area (TPSA) is 102 Å². The van der Waals surface area contributed by atoms with Crippen molar-refractivity contribution in [1.29, 1.82) is 0 Å². The monoisotopic (exact) mass is 668 g/mol. The molecule has 0 saturated carbocycles. The number of rotatable bonds is 16. The summed E-state index contributed by atoms with van der Waals surface area (Å²) in [5, 5.41) is 0.534. The number of aromatic nitrogens is 1. The quantitative estimate of drug-likeness (QED) is 0.192. The second-order valence-electron chi connectivity index (χ2n) is 10.5. The van der Waals surface area contributed by atoms with Crippen LogP contribution in [0.25, 0.3) is 10.2 Å². The molecule has 1 saturated heterocycles. The van der Waals surface area contributed by atoms with Gasteiger partial charge in [0.05, 0.1) is 32.3 Å². The van der Waals surface area contributed by atoms with Crippen LogP contribution in [0.15, 0.2) is 41.3 Å². The van der Waals surface area contributed by atoms with Crippen molar-refractivity contribution in [3.8, 4) is 11.5 Å². The van der Waals surface area contributed by atoms with E-state index in [2.05, 4.69) is 18.7 Å². The lowest BCUT2D eigenvalue weighted by Gasteiger charge is -2.27. The van der Waals surface area contributed by atoms with Crippen molar-refractivity contribution < 1.29 is 27.4 Å². The molecule has 0 unspecified atom stereocenters. The molecule has 0 N–H and O–H groups in total. The molecule has 44 heavy (non-hydrogen) atoms. The molecule has 4 rings (SSSR count). The molecule has 0 bridgehead atoms. The molecular formula is C31H45ClN4O6S2. The summed E-state index contributed by atoms with van der Waals surface area (Å²) >= 11 is 1.37. The van der Waals surface area contributed by atoms with Gasteiger partial charge in [0.2, 0.25) is 10.0 Å². The van der Waals surface area contributed by atoms with Crippen LogP contribution in [0.1, 0.15) is 56.3 Å². The highest BCUT2D eigenvalue weighted by Crippen LogP contribution is 2.40. The molecule has 0 radical (unpaired) electrons. The Hall–Kier alpha value is -2.48. The number of hydrogen-bond acceptors (Lipinski definition) is 9. The third-order valence-corrected chi connectivity index (χ3v) is 10.6. The van der Waals surface area contributed by atoms with Gasteiger partial charge in [-0.25, -0.2) is 13.4 Å². The van der Waals surface area contributed by atoms with Crippen molar-refractivity contribution in [3.63, 3.8) is 0 Å². The van der Waals surface area contributed by atoms with Gasteiger partial charge < -0.3 is 14.2 Å². The minimum absolute atomic E-state index is 0. The molecule has 2 aromatic carbocycles. The Morgan fingerprint density at radius 1 is 0.932 bits per heavy atom. The smallest absolute Gasteiger partial charge is 0.260 e. The predicted molar refractivity (Wildman–Crippen MR) is 179 cm³/mol. The number of hydrogen-bond donors (Lipinski definition) is 0. The number of halogens is 1. The lowest BCUT2D eigenvalue weighted by molar-refractivity contribution is 0.0376. The predicted octanol–water partition coefficient (Wildman–Crippen LogP) is 5.70.